The van der Waals surface area contributed by atoms with Crippen LogP contribution >= 0.6 is 15.9 Å². The van der Waals surface area contributed by atoms with Crippen LogP contribution in [-0.2, 0) is 0 Å². The maximum atomic E-state index is 8.78. The zero-order valence-electron chi connectivity index (χ0n) is 9.53. The fourth-order valence-electron chi connectivity index (χ4n) is 2.10. The van der Waals surface area contributed by atoms with Crippen molar-refractivity contribution in [3.05, 3.63) is 28.2 Å². The molecular weight excluding hydrogens is 280 g/mol. The van der Waals surface area contributed by atoms with Gasteiger partial charge in [0.1, 0.15) is 11.9 Å². The summed E-state index contributed by atoms with van der Waals surface area (Å²) in [5, 5.41) is 8.78. The summed E-state index contributed by atoms with van der Waals surface area (Å²) in [6.45, 7) is 0. The number of nitriles is 1. The molecule has 2 N–H and O–H groups in total. The van der Waals surface area contributed by atoms with Crippen LogP contribution in [0.15, 0.2) is 22.7 Å². The second-order valence-electron chi connectivity index (χ2n) is 4.36. The highest BCUT2D eigenvalue weighted by atomic mass is 79.9. The van der Waals surface area contributed by atoms with Crippen molar-refractivity contribution in [2.45, 2.75) is 37.8 Å². The summed E-state index contributed by atoms with van der Waals surface area (Å²) in [6.07, 6.45) is 4.49. The molecule has 2 atom stereocenters. The monoisotopic (exact) mass is 294 g/mol. The molecule has 1 aliphatic rings. The van der Waals surface area contributed by atoms with E-state index in [9.17, 15) is 0 Å². The quantitative estimate of drug-likeness (QED) is 0.912. The molecule has 4 heteroatoms. The van der Waals surface area contributed by atoms with Crippen LogP contribution in [0.5, 0.6) is 5.75 Å². The first-order chi connectivity index (χ1) is 8.20. The summed E-state index contributed by atoms with van der Waals surface area (Å²) in [5.74, 6) is 0.770. The molecule has 0 aromatic heterocycles. The number of ether oxygens (including phenoxy) is 1. The Balaban J connectivity index is 2.10. The highest BCUT2D eigenvalue weighted by molar-refractivity contribution is 9.10. The van der Waals surface area contributed by atoms with Crippen LogP contribution in [0.1, 0.15) is 31.2 Å². The van der Waals surface area contributed by atoms with Crippen molar-refractivity contribution in [3.63, 3.8) is 0 Å². The van der Waals surface area contributed by atoms with E-state index in [0.29, 0.717) is 5.56 Å². The third-order valence-corrected chi connectivity index (χ3v) is 3.71. The van der Waals surface area contributed by atoms with Crippen molar-refractivity contribution >= 4 is 15.9 Å². The summed E-state index contributed by atoms with van der Waals surface area (Å²) in [6, 6.07) is 7.56. The number of halogens is 1. The minimum atomic E-state index is 0.0907. The first kappa shape index (κ1) is 12.4. The van der Waals surface area contributed by atoms with Crippen LogP contribution < -0.4 is 10.5 Å². The Labute approximate surface area is 110 Å². The van der Waals surface area contributed by atoms with E-state index >= 15 is 0 Å². The maximum absolute atomic E-state index is 8.78. The first-order valence-electron chi connectivity index (χ1n) is 5.82. The van der Waals surface area contributed by atoms with Crippen LogP contribution in [0.2, 0.25) is 0 Å². The van der Waals surface area contributed by atoms with Gasteiger partial charge in [-0.05, 0) is 53.4 Å². The third kappa shape index (κ3) is 2.99. The van der Waals surface area contributed by atoms with Crippen molar-refractivity contribution in [3.8, 4) is 11.8 Å². The molecule has 17 heavy (non-hydrogen) atoms. The normalized spacial score (nSPS) is 24.1. The predicted molar refractivity (Wildman–Crippen MR) is 69.7 cm³/mol. The van der Waals surface area contributed by atoms with Gasteiger partial charge in [0, 0.05) is 6.04 Å². The fourth-order valence-corrected chi connectivity index (χ4v) is 2.57. The van der Waals surface area contributed by atoms with E-state index in [4.69, 9.17) is 15.7 Å². The van der Waals surface area contributed by atoms with Gasteiger partial charge in [-0.25, -0.2) is 0 Å². The molecule has 1 aromatic carbocycles. The van der Waals surface area contributed by atoms with Gasteiger partial charge in [0.15, 0.2) is 0 Å². The summed E-state index contributed by atoms with van der Waals surface area (Å²) in [5.41, 5.74) is 6.66. The lowest BCUT2D eigenvalue weighted by Gasteiger charge is -2.29. The molecule has 1 saturated carbocycles. The zero-order valence-corrected chi connectivity index (χ0v) is 11.1. The molecule has 0 amide bonds. The number of rotatable bonds is 2. The van der Waals surface area contributed by atoms with Gasteiger partial charge in [-0.1, -0.05) is 6.42 Å². The Morgan fingerprint density at radius 3 is 2.76 bits per heavy atom. The molecule has 0 radical (unpaired) electrons. The summed E-state index contributed by atoms with van der Waals surface area (Å²) in [4.78, 5) is 0. The number of hydrogen-bond acceptors (Lipinski definition) is 3. The molecule has 2 rings (SSSR count). The van der Waals surface area contributed by atoms with E-state index in [1.807, 2.05) is 6.07 Å². The molecule has 0 spiro atoms. The average Bonchev–Trinajstić information content (AvgIpc) is 2.34. The summed E-state index contributed by atoms with van der Waals surface area (Å²) in [7, 11) is 0. The first-order valence-corrected chi connectivity index (χ1v) is 6.62. The molecule has 1 aromatic rings. The Morgan fingerprint density at radius 2 is 2.12 bits per heavy atom. The average molecular weight is 295 g/mol. The predicted octanol–water partition coefficient (Wildman–Crippen LogP) is 2.97. The Kier molecular flexibility index (Phi) is 4.03. The summed E-state index contributed by atoms with van der Waals surface area (Å²) < 4.78 is 6.73. The van der Waals surface area contributed by atoms with Crippen LogP contribution in [0.3, 0.4) is 0 Å². The van der Waals surface area contributed by atoms with Crippen molar-refractivity contribution in [2.75, 3.05) is 0 Å². The van der Waals surface area contributed by atoms with Gasteiger partial charge in [0.05, 0.1) is 16.1 Å². The SMILES string of the molecule is N#Cc1ccc(OC2CCCCC2N)c(Br)c1. The van der Waals surface area contributed by atoms with Gasteiger partial charge in [0.25, 0.3) is 0 Å². The maximum Gasteiger partial charge on any atom is 0.134 e. The lowest BCUT2D eigenvalue weighted by Crippen LogP contribution is -2.41. The van der Waals surface area contributed by atoms with Gasteiger partial charge in [0.2, 0.25) is 0 Å². The van der Waals surface area contributed by atoms with Crippen LogP contribution in [0, 0.1) is 11.3 Å². The zero-order chi connectivity index (χ0) is 12.3. The highest BCUT2D eigenvalue weighted by Gasteiger charge is 2.23. The highest BCUT2D eigenvalue weighted by Crippen LogP contribution is 2.29. The van der Waals surface area contributed by atoms with Gasteiger partial charge < -0.3 is 10.5 Å². The van der Waals surface area contributed by atoms with Gasteiger partial charge >= 0.3 is 0 Å². The number of hydrogen-bond donors (Lipinski definition) is 1. The van der Waals surface area contributed by atoms with E-state index in [1.165, 1.54) is 12.8 Å². The molecule has 1 fully saturated rings. The van der Waals surface area contributed by atoms with Crippen LogP contribution in [0.4, 0.5) is 0 Å². The smallest absolute Gasteiger partial charge is 0.134 e. The van der Waals surface area contributed by atoms with Gasteiger partial charge in [-0.15, -0.1) is 0 Å². The fraction of sp³-hybridized carbons (Fsp3) is 0.462. The lowest BCUT2D eigenvalue weighted by molar-refractivity contribution is 0.131. The van der Waals surface area contributed by atoms with E-state index < -0.39 is 0 Å². The number of nitrogens with zero attached hydrogens (tertiary/aromatic N) is 1. The molecule has 0 saturated heterocycles. The van der Waals surface area contributed by atoms with E-state index in [2.05, 4.69) is 22.0 Å². The molecule has 90 valence electrons. The molecule has 2 unspecified atom stereocenters. The van der Waals surface area contributed by atoms with Crippen molar-refractivity contribution < 1.29 is 4.74 Å². The summed E-state index contributed by atoms with van der Waals surface area (Å²) >= 11 is 3.42. The minimum Gasteiger partial charge on any atom is -0.488 e. The molecular formula is C13H15BrN2O. The van der Waals surface area contributed by atoms with Gasteiger partial charge in [-0.2, -0.15) is 5.26 Å². The van der Waals surface area contributed by atoms with Crippen molar-refractivity contribution in [2.24, 2.45) is 5.73 Å². The lowest BCUT2D eigenvalue weighted by atomic mass is 9.93. The second-order valence-corrected chi connectivity index (χ2v) is 5.22. The van der Waals surface area contributed by atoms with Crippen LogP contribution in [-0.4, -0.2) is 12.1 Å². The van der Waals surface area contributed by atoms with E-state index in [1.54, 1.807) is 12.1 Å². The molecule has 0 aliphatic heterocycles. The van der Waals surface area contributed by atoms with Crippen molar-refractivity contribution in [1.82, 2.24) is 0 Å². The van der Waals surface area contributed by atoms with Gasteiger partial charge in [-0.3, -0.25) is 0 Å². The Hall–Kier alpha value is -1.05. The third-order valence-electron chi connectivity index (χ3n) is 3.09. The van der Waals surface area contributed by atoms with Crippen molar-refractivity contribution in [1.29, 1.82) is 5.26 Å². The van der Waals surface area contributed by atoms with Crippen LogP contribution in [0.25, 0.3) is 0 Å². The molecule has 0 heterocycles. The Bertz CT molecular complexity index is 442. The molecule has 0 bridgehead atoms. The minimum absolute atomic E-state index is 0.0907. The van der Waals surface area contributed by atoms with E-state index in [-0.39, 0.29) is 12.1 Å². The standard InChI is InChI=1S/C13H15BrN2O/c14-10-7-9(8-15)5-6-12(10)17-13-4-2-1-3-11(13)16/h5-7,11,13H,1-4,16H2. The number of benzene rings is 1. The number of nitrogens with two attached hydrogens (primary N) is 1. The Morgan fingerprint density at radius 1 is 1.35 bits per heavy atom. The van der Waals surface area contributed by atoms with E-state index in [0.717, 1.165) is 23.1 Å². The topological polar surface area (TPSA) is 59.0 Å². The molecule has 1 aliphatic carbocycles. The molecule has 3 nitrogen and oxygen atoms in total. The second kappa shape index (κ2) is 5.52. The largest absolute Gasteiger partial charge is 0.488 e.